The number of aliphatic imine (C=N–C) groups is 1. The van der Waals surface area contributed by atoms with Gasteiger partial charge in [0.1, 0.15) is 0 Å². The molecule has 156 valence electrons. The molecule has 29 heavy (non-hydrogen) atoms. The lowest BCUT2D eigenvalue weighted by atomic mass is 10.1. The summed E-state index contributed by atoms with van der Waals surface area (Å²) in [6, 6.07) is 13.9. The van der Waals surface area contributed by atoms with Gasteiger partial charge in [-0.25, -0.2) is 0 Å². The molecule has 3 N–H and O–H groups in total. The summed E-state index contributed by atoms with van der Waals surface area (Å²) in [6.45, 7) is 1.39. The highest BCUT2D eigenvalue weighted by Crippen LogP contribution is 2.26. The van der Waals surface area contributed by atoms with Crippen LogP contribution in [0.4, 0.5) is 5.69 Å². The van der Waals surface area contributed by atoms with Crippen LogP contribution in [0.5, 0.6) is 0 Å². The van der Waals surface area contributed by atoms with E-state index < -0.39 is 0 Å². The molecule has 1 saturated carbocycles. The number of guanidine groups is 1. The number of rotatable bonds is 7. The van der Waals surface area contributed by atoms with Crippen molar-refractivity contribution in [2.75, 3.05) is 18.9 Å². The number of carbonyl (C=O) groups excluding carboxylic acids is 1. The van der Waals surface area contributed by atoms with Crippen LogP contribution in [-0.4, -0.2) is 30.4 Å². The lowest BCUT2D eigenvalue weighted by Gasteiger charge is -2.14. The van der Waals surface area contributed by atoms with Crippen molar-refractivity contribution in [3.8, 4) is 0 Å². The third-order valence-electron chi connectivity index (χ3n) is 5.00. The van der Waals surface area contributed by atoms with Crippen molar-refractivity contribution in [2.45, 2.75) is 38.6 Å². The number of carbonyl (C=O) groups is 1. The molecular weight excluding hydrogens is 477 g/mol. The number of nitrogens with one attached hydrogen (secondary N) is 3. The Balaban J connectivity index is 0.00000300. The summed E-state index contributed by atoms with van der Waals surface area (Å²) < 4.78 is 0. The van der Waals surface area contributed by atoms with E-state index in [-0.39, 0.29) is 35.8 Å². The fraction of sp³-hybridized carbons (Fsp3) is 0.409. The number of halogens is 1. The van der Waals surface area contributed by atoms with Gasteiger partial charge in [-0.05, 0) is 42.7 Å². The quantitative estimate of drug-likeness (QED) is 0.303. The predicted molar refractivity (Wildman–Crippen MR) is 129 cm³/mol. The molecular formula is C22H30IN5O. The standard InChI is InChI=1S/C22H29N5O.HI/c1-23-22(25-14-12-19-10-4-5-13-24-19)26-16-17-7-6-11-20(15-17)27-21(28)18-8-2-3-9-18;/h4-7,10-11,13,15,18H,2-3,8-9,12,14,16H2,1H3,(H,27,28)(H2,23,25,26);1H. The molecule has 0 saturated heterocycles. The average molecular weight is 507 g/mol. The Labute approximate surface area is 190 Å². The summed E-state index contributed by atoms with van der Waals surface area (Å²) in [7, 11) is 1.76. The smallest absolute Gasteiger partial charge is 0.227 e. The molecule has 0 aliphatic heterocycles. The molecule has 7 heteroatoms. The van der Waals surface area contributed by atoms with Crippen LogP contribution in [0.3, 0.4) is 0 Å². The van der Waals surface area contributed by atoms with E-state index >= 15 is 0 Å². The molecule has 3 rings (SSSR count). The molecule has 0 unspecified atom stereocenters. The molecule has 1 heterocycles. The number of hydrogen-bond donors (Lipinski definition) is 3. The molecule has 1 amide bonds. The highest BCUT2D eigenvalue weighted by molar-refractivity contribution is 14.0. The van der Waals surface area contributed by atoms with Crippen molar-refractivity contribution in [3.63, 3.8) is 0 Å². The second-order valence-corrected chi connectivity index (χ2v) is 7.09. The van der Waals surface area contributed by atoms with Crippen LogP contribution < -0.4 is 16.0 Å². The Bertz CT molecular complexity index is 791. The van der Waals surface area contributed by atoms with Crippen LogP contribution >= 0.6 is 24.0 Å². The van der Waals surface area contributed by atoms with E-state index in [1.165, 1.54) is 0 Å². The van der Waals surface area contributed by atoms with Gasteiger partial charge in [-0.2, -0.15) is 0 Å². The predicted octanol–water partition coefficient (Wildman–Crippen LogP) is 3.74. The van der Waals surface area contributed by atoms with Crippen molar-refractivity contribution in [3.05, 3.63) is 59.9 Å². The van der Waals surface area contributed by atoms with Crippen LogP contribution in [0.25, 0.3) is 0 Å². The first-order valence-electron chi connectivity index (χ1n) is 9.99. The highest BCUT2D eigenvalue weighted by atomic mass is 127. The minimum absolute atomic E-state index is 0. The van der Waals surface area contributed by atoms with Gasteiger partial charge in [-0.1, -0.05) is 31.0 Å². The third-order valence-corrected chi connectivity index (χ3v) is 5.00. The minimum atomic E-state index is 0. The molecule has 6 nitrogen and oxygen atoms in total. The zero-order valence-electron chi connectivity index (χ0n) is 16.9. The number of hydrogen-bond acceptors (Lipinski definition) is 3. The van der Waals surface area contributed by atoms with E-state index in [1.54, 1.807) is 13.2 Å². The van der Waals surface area contributed by atoms with Gasteiger partial charge in [-0.15, -0.1) is 24.0 Å². The average Bonchev–Trinajstić information content (AvgIpc) is 3.27. The summed E-state index contributed by atoms with van der Waals surface area (Å²) in [5, 5.41) is 9.67. The van der Waals surface area contributed by atoms with Crippen molar-refractivity contribution in [1.82, 2.24) is 15.6 Å². The first-order chi connectivity index (χ1) is 13.7. The van der Waals surface area contributed by atoms with Gasteiger partial charge in [0.2, 0.25) is 5.91 Å². The second-order valence-electron chi connectivity index (χ2n) is 7.09. The molecule has 0 spiro atoms. The van der Waals surface area contributed by atoms with E-state index in [0.717, 1.165) is 61.6 Å². The van der Waals surface area contributed by atoms with Crippen molar-refractivity contribution >= 4 is 41.5 Å². The van der Waals surface area contributed by atoms with Crippen LogP contribution in [0, 0.1) is 5.92 Å². The number of anilines is 1. The lowest BCUT2D eigenvalue weighted by molar-refractivity contribution is -0.119. The maximum atomic E-state index is 12.3. The lowest BCUT2D eigenvalue weighted by Crippen LogP contribution is -2.37. The molecule has 1 aliphatic carbocycles. The number of pyridine rings is 1. The van der Waals surface area contributed by atoms with Crippen LogP contribution in [0.2, 0.25) is 0 Å². The minimum Gasteiger partial charge on any atom is -0.356 e. The Kier molecular flexibility index (Phi) is 9.90. The summed E-state index contributed by atoms with van der Waals surface area (Å²) in [4.78, 5) is 20.9. The maximum Gasteiger partial charge on any atom is 0.227 e. The van der Waals surface area contributed by atoms with Gasteiger partial charge in [0.15, 0.2) is 5.96 Å². The van der Waals surface area contributed by atoms with Crippen LogP contribution in [0.15, 0.2) is 53.7 Å². The summed E-state index contributed by atoms with van der Waals surface area (Å²) in [6.07, 6.45) is 6.98. The van der Waals surface area contributed by atoms with E-state index in [1.807, 2.05) is 42.5 Å². The first-order valence-corrected chi connectivity index (χ1v) is 9.99. The van der Waals surface area contributed by atoms with E-state index in [4.69, 9.17) is 0 Å². The molecule has 1 aromatic heterocycles. The largest absolute Gasteiger partial charge is 0.356 e. The molecule has 1 aliphatic rings. The van der Waals surface area contributed by atoms with Crippen LogP contribution in [0.1, 0.15) is 36.9 Å². The van der Waals surface area contributed by atoms with Gasteiger partial charge in [0.05, 0.1) is 0 Å². The first kappa shape index (κ1) is 23.1. The number of amides is 1. The molecule has 0 atom stereocenters. The van der Waals surface area contributed by atoms with E-state index in [0.29, 0.717) is 6.54 Å². The second kappa shape index (κ2) is 12.4. The van der Waals surface area contributed by atoms with Crippen molar-refractivity contribution < 1.29 is 4.79 Å². The third kappa shape index (κ3) is 7.64. The number of benzene rings is 1. The van der Waals surface area contributed by atoms with Gasteiger partial charge in [-0.3, -0.25) is 14.8 Å². The normalized spacial score (nSPS) is 14.2. The Morgan fingerprint density at radius 2 is 1.97 bits per heavy atom. The SMILES string of the molecule is CN=C(NCCc1ccccn1)NCc1cccc(NC(=O)C2CCCC2)c1.I. The van der Waals surface area contributed by atoms with Crippen molar-refractivity contribution in [1.29, 1.82) is 0 Å². The molecule has 1 fully saturated rings. The van der Waals surface area contributed by atoms with Gasteiger partial charge >= 0.3 is 0 Å². The summed E-state index contributed by atoms with van der Waals surface area (Å²) in [5.41, 5.74) is 3.00. The Morgan fingerprint density at radius 1 is 1.14 bits per heavy atom. The number of nitrogens with zero attached hydrogens (tertiary/aromatic N) is 2. The monoisotopic (exact) mass is 507 g/mol. The zero-order chi connectivity index (χ0) is 19.6. The maximum absolute atomic E-state index is 12.3. The highest BCUT2D eigenvalue weighted by Gasteiger charge is 2.22. The molecule has 0 radical (unpaired) electrons. The van der Waals surface area contributed by atoms with E-state index in [2.05, 4.69) is 25.9 Å². The van der Waals surface area contributed by atoms with E-state index in [9.17, 15) is 4.79 Å². The fourth-order valence-corrected chi connectivity index (χ4v) is 3.45. The molecule has 2 aromatic rings. The summed E-state index contributed by atoms with van der Waals surface area (Å²) in [5.74, 6) is 1.06. The topological polar surface area (TPSA) is 78.4 Å². The molecule has 1 aromatic carbocycles. The molecule has 0 bridgehead atoms. The summed E-state index contributed by atoms with van der Waals surface area (Å²) >= 11 is 0. The fourth-order valence-electron chi connectivity index (χ4n) is 3.45. The zero-order valence-corrected chi connectivity index (χ0v) is 19.2. The van der Waals surface area contributed by atoms with Crippen molar-refractivity contribution in [2.24, 2.45) is 10.9 Å². The van der Waals surface area contributed by atoms with Gasteiger partial charge < -0.3 is 16.0 Å². The Morgan fingerprint density at radius 3 is 2.69 bits per heavy atom. The van der Waals surface area contributed by atoms with Gasteiger partial charge in [0.25, 0.3) is 0 Å². The van der Waals surface area contributed by atoms with Crippen LogP contribution in [-0.2, 0) is 17.8 Å². The van der Waals surface area contributed by atoms with Gasteiger partial charge in [0, 0.05) is 50.1 Å². The number of aromatic nitrogens is 1. The Hall–Kier alpha value is -2.16.